The zero-order chi connectivity index (χ0) is 73.0. The van der Waals surface area contributed by atoms with Crippen molar-refractivity contribution in [3.8, 4) is 11.1 Å². The number of benzene rings is 2. The molecule has 3 N–H and O–H groups in total. The van der Waals surface area contributed by atoms with Gasteiger partial charge in [-0.05, 0) is 113 Å². The van der Waals surface area contributed by atoms with Gasteiger partial charge in [0.25, 0.3) is 5.91 Å². The number of nitrogens with one attached hydrogen (secondary N) is 2. The molecule has 540 valence electrons. The Morgan fingerprint density at radius 1 is 0.643 bits per heavy atom. The molecule has 3 aromatic rings. The molecule has 3 fully saturated rings. The van der Waals surface area contributed by atoms with Crippen LogP contribution in [0.3, 0.4) is 0 Å². The lowest BCUT2D eigenvalue weighted by molar-refractivity contribution is -0.178. The lowest BCUT2D eigenvalue weighted by Crippen LogP contribution is -2.61. The predicted octanol–water partition coefficient (Wildman–Crippen LogP) is 7.58. The van der Waals surface area contributed by atoms with E-state index in [1.165, 1.54) is 61.6 Å². The van der Waals surface area contributed by atoms with Crippen LogP contribution in [0.2, 0.25) is 0 Å². The number of anilines is 1. The normalized spacial score (nSPS) is 24.8. The van der Waals surface area contributed by atoms with E-state index in [-0.39, 0.29) is 50.7 Å². The summed E-state index contributed by atoms with van der Waals surface area (Å²) in [5.74, 6) is -8.76. The number of Topliss-reactive ketones (excluding diaryl/α,β-unsaturated/α-hetero) is 1. The van der Waals surface area contributed by atoms with Crippen LogP contribution in [0.1, 0.15) is 154 Å². The van der Waals surface area contributed by atoms with Crippen LogP contribution in [0, 0.1) is 35.5 Å². The van der Waals surface area contributed by atoms with E-state index in [0.717, 1.165) is 21.8 Å². The number of ketones is 1. The van der Waals surface area contributed by atoms with Gasteiger partial charge in [-0.2, -0.15) is 0 Å². The second kappa shape index (κ2) is 34.2. The molecule has 2 aromatic carbocycles. The van der Waals surface area contributed by atoms with E-state index in [1.54, 1.807) is 76.9 Å². The fourth-order valence-corrected chi connectivity index (χ4v) is 13.8. The molecule has 0 radical (unpaired) electrons. The molecule has 4 heterocycles. The second-order valence-electron chi connectivity index (χ2n) is 30.1. The van der Waals surface area contributed by atoms with Crippen molar-refractivity contribution in [3.63, 3.8) is 0 Å². The maximum Gasteiger partial charge on any atom is 0.410 e. The Morgan fingerprint density at radius 3 is 1.82 bits per heavy atom. The topological polar surface area (TPSA) is 269 Å². The highest BCUT2D eigenvalue weighted by Crippen LogP contribution is 2.31. The third-order valence-corrected chi connectivity index (χ3v) is 19.5. The molecule has 23 nitrogen and oxygen atoms in total. The van der Waals surface area contributed by atoms with E-state index in [4.69, 9.17) is 14.5 Å². The van der Waals surface area contributed by atoms with Crippen LogP contribution in [0.25, 0.3) is 11.1 Å². The fraction of sp³-hybridized carbons (Fsp3) is 0.640. The number of nitrogens with zero attached hydrogens (tertiary/aromatic N) is 8. The molecule has 3 saturated heterocycles. The molecule has 0 aliphatic carbocycles. The summed E-state index contributed by atoms with van der Waals surface area (Å²) in [6.07, 6.45) is 0.956. The monoisotopic (exact) mass is 1360 g/mol. The Labute approximate surface area is 581 Å². The predicted molar refractivity (Wildman–Crippen MR) is 376 cm³/mol. The molecule has 3 aliphatic rings. The van der Waals surface area contributed by atoms with Crippen LogP contribution in [0.15, 0.2) is 72.9 Å². The third kappa shape index (κ3) is 19.9. The van der Waals surface area contributed by atoms with Gasteiger partial charge in [-0.25, -0.2) is 14.6 Å². The number of pyridine rings is 1. The number of fused-ring (bicyclic) bond motifs is 1. The van der Waals surface area contributed by atoms with Gasteiger partial charge in [0.1, 0.15) is 41.6 Å². The molecule has 0 bridgehead atoms. The average Bonchev–Trinajstić information content (AvgIpc) is 1.27. The number of cyclic esters (lactones) is 1. The molecule has 11 atom stereocenters. The molecular formula is C75H112N10O13. The van der Waals surface area contributed by atoms with Crippen LogP contribution in [-0.2, 0) is 65.5 Å². The van der Waals surface area contributed by atoms with Crippen molar-refractivity contribution in [3.05, 3.63) is 84.1 Å². The molecule has 23 heteroatoms. The molecule has 6 rings (SSSR count). The molecule has 0 unspecified atom stereocenters. The number of hydrogen-bond donors (Lipinski definition) is 3. The Hall–Kier alpha value is -7.95. The van der Waals surface area contributed by atoms with E-state index in [9.17, 15) is 19.5 Å². The number of likely N-dealkylation sites (N-methyl/N-ethyl adjacent to an activating group) is 4. The number of ether oxygens (including phenoxy) is 2. The average molecular weight is 1360 g/mol. The number of carbonyl (C=O) groups is 10. The number of rotatable bonds is 15. The Kier molecular flexibility index (Phi) is 27.6. The lowest BCUT2D eigenvalue weighted by Gasteiger charge is -2.39. The van der Waals surface area contributed by atoms with Crippen LogP contribution in [0.4, 0.5) is 10.6 Å². The summed E-state index contributed by atoms with van der Waals surface area (Å²) in [5.41, 5.74) is 0.261. The van der Waals surface area contributed by atoms with Gasteiger partial charge >= 0.3 is 12.1 Å². The maximum absolute atomic E-state index is 15.9. The fourth-order valence-electron chi connectivity index (χ4n) is 13.8. The van der Waals surface area contributed by atoms with E-state index < -0.39 is 142 Å². The largest absolute Gasteiger partial charge is 0.450 e. The number of amides is 8. The molecule has 1 aromatic heterocycles. The van der Waals surface area contributed by atoms with Crippen molar-refractivity contribution in [1.29, 1.82) is 0 Å². The Bertz CT molecular complexity index is 3270. The van der Waals surface area contributed by atoms with Gasteiger partial charge < -0.3 is 59.5 Å². The first kappa shape index (κ1) is 79.0. The minimum absolute atomic E-state index is 0.0514. The maximum atomic E-state index is 15.9. The molecule has 0 saturated carbocycles. The third-order valence-electron chi connectivity index (χ3n) is 19.5. The number of piperazine rings is 1. The van der Waals surface area contributed by atoms with Gasteiger partial charge in [-0.3, -0.25) is 38.4 Å². The van der Waals surface area contributed by atoms with Crippen molar-refractivity contribution < 1.29 is 62.5 Å². The van der Waals surface area contributed by atoms with Crippen molar-refractivity contribution in [2.24, 2.45) is 35.5 Å². The van der Waals surface area contributed by atoms with Crippen molar-refractivity contribution in [2.45, 2.75) is 215 Å². The van der Waals surface area contributed by atoms with Gasteiger partial charge in [0, 0.05) is 104 Å². The highest BCUT2D eigenvalue weighted by molar-refractivity contribution is 5.99. The van der Waals surface area contributed by atoms with Gasteiger partial charge in [0.05, 0.1) is 11.6 Å². The van der Waals surface area contributed by atoms with E-state index >= 15 is 33.6 Å². The van der Waals surface area contributed by atoms with Crippen LogP contribution in [0.5, 0.6) is 0 Å². The van der Waals surface area contributed by atoms with Crippen molar-refractivity contribution >= 4 is 65.0 Å². The summed E-state index contributed by atoms with van der Waals surface area (Å²) in [5, 5.41) is 17.8. The van der Waals surface area contributed by atoms with Crippen LogP contribution in [-0.4, -0.2) is 219 Å². The summed E-state index contributed by atoms with van der Waals surface area (Å²) >= 11 is 0. The highest BCUT2D eigenvalue weighted by Gasteiger charge is 2.48. The zero-order valence-corrected chi connectivity index (χ0v) is 61.6. The SMILES string of the molecule is CC[C@H](C)[C@@H]1NC(=O)[C@@H]2CCCN2C(=O)[C@H](Cc2cccc(-c3ccc(N4CCN(C(=O)OC(C)(C)C)CC4)nc3)c2)N(C)C(=O)[C@H](Cc2ccccc2)NC(=O)[C@H](C(C)C)N(C)C(=O)[C@@H]([C@@H](C)CC)OC(=O)[C@H](C(C)(C)O)N(C)C(=O)[C@H](CC(C)C)CC(=O)[C@H](C(C)C)N(C)C1=O. The van der Waals surface area contributed by atoms with Gasteiger partial charge in [0.2, 0.25) is 35.4 Å². The first-order valence-corrected chi connectivity index (χ1v) is 35.2. The minimum Gasteiger partial charge on any atom is -0.450 e. The van der Waals surface area contributed by atoms with Crippen molar-refractivity contribution in [2.75, 3.05) is 65.8 Å². The van der Waals surface area contributed by atoms with E-state index in [1.807, 2.05) is 90.9 Å². The first-order chi connectivity index (χ1) is 45.9. The summed E-state index contributed by atoms with van der Waals surface area (Å²) in [4.78, 5) is 165. The first-order valence-electron chi connectivity index (χ1n) is 35.2. The van der Waals surface area contributed by atoms with Crippen LogP contribution >= 0.6 is 0 Å². The molecule has 8 amide bonds. The molecule has 98 heavy (non-hydrogen) atoms. The number of aromatic nitrogens is 1. The number of hydrogen-bond acceptors (Lipinski definition) is 15. The van der Waals surface area contributed by atoms with Crippen LogP contribution < -0.4 is 15.5 Å². The quantitative estimate of drug-likeness (QED) is 0.124. The Balaban J connectivity index is 1.48. The molecular weight excluding hydrogens is 1250 g/mol. The van der Waals surface area contributed by atoms with Gasteiger partial charge in [-0.15, -0.1) is 0 Å². The summed E-state index contributed by atoms with van der Waals surface area (Å²) in [6, 6.07) is 11.4. The molecule has 0 spiro atoms. The highest BCUT2D eigenvalue weighted by atomic mass is 16.6. The summed E-state index contributed by atoms with van der Waals surface area (Å²) in [7, 11) is 5.75. The van der Waals surface area contributed by atoms with E-state index in [0.29, 0.717) is 56.6 Å². The summed E-state index contributed by atoms with van der Waals surface area (Å²) in [6.45, 7) is 28.3. The smallest absolute Gasteiger partial charge is 0.410 e. The van der Waals surface area contributed by atoms with Gasteiger partial charge in [0.15, 0.2) is 17.9 Å². The second-order valence-corrected chi connectivity index (χ2v) is 30.1. The number of esters is 1. The van der Waals surface area contributed by atoms with Crippen molar-refractivity contribution in [1.82, 2.24) is 45.0 Å². The molecule has 3 aliphatic heterocycles. The number of aliphatic hydroxyl groups is 1. The van der Waals surface area contributed by atoms with Gasteiger partial charge in [-0.1, -0.05) is 130 Å². The lowest BCUT2D eigenvalue weighted by atomic mass is 9.85. The van der Waals surface area contributed by atoms with E-state index in [2.05, 4.69) is 15.5 Å². The zero-order valence-electron chi connectivity index (χ0n) is 61.6. The summed E-state index contributed by atoms with van der Waals surface area (Å²) < 4.78 is 11.8. The Morgan fingerprint density at radius 2 is 1.26 bits per heavy atom. The standard InChI is InChI=1S/C75H112N10O13/c1-20-48(9)60-70(92)80(17)61(46(5)6)58(86)43-54(39-45(3)4)67(89)82(19)64(75(14,15)96)72(94)97-63(49(10)21-2)71(93)81(18)62(47(7)8)66(88)77-55(41-50-27-23-22-24-28-50)68(90)79(16)57(69(91)85-34-26-31-56(85)65(87)78-60)42-51-29-25-30-52(40-51)53-32-33-59(76-44-53)83-35-37-84(38-36-83)73(95)98-74(11,12)13/h22-25,27-30,32-33,40,44-49,54-57,60-64,96H,20-21,26,31,34-39,41-43H2,1-19H3,(H,77,88)(H,78,87)/t48-,49-,54+,55-,56-,57-,60-,61-,62-,63+,64+/m0/s1. The minimum atomic E-state index is -1.97. The number of carbonyl (C=O) groups excluding carboxylic acids is 10.